The Kier molecular flexibility index (Phi) is 3.49. The van der Waals surface area contributed by atoms with Crippen molar-refractivity contribution in [1.29, 1.82) is 0 Å². The second kappa shape index (κ2) is 5.67. The highest BCUT2D eigenvalue weighted by molar-refractivity contribution is 5.70. The second-order valence-electron chi connectivity index (χ2n) is 6.25. The molecule has 1 atom stereocenters. The van der Waals surface area contributed by atoms with Crippen LogP contribution in [-0.2, 0) is 0 Å². The number of anilines is 1. The average Bonchev–Trinajstić information content (AvgIpc) is 2.99. The summed E-state index contributed by atoms with van der Waals surface area (Å²) in [6.07, 6.45) is 0. The molecule has 0 fully saturated rings. The number of fused-ring (bicyclic) bond motifs is 3. The average molecular weight is 320 g/mol. The van der Waals surface area contributed by atoms with Gasteiger partial charge in [-0.1, -0.05) is 30.7 Å². The number of benzene rings is 2. The Balaban J connectivity index is 1.96. The fourth-order valence-electron chi connectivity index (χ4n) is 3.16. The first-order chi connectivity index (χ1) is 11.7. The van der Waals surface area contributed by atoms with Crippen molar-refractivity contribution in [2.45, 2.75) is 19.8 Å². The van der Waals surface area contributed by atoms with Crippen LogP contribution >= 0.6 is 0 Å². The molecule has 122 valence electrons. The van der Waals surface area contributed by atoms with E-state index in [1.165, 1.54) is 5.56 Å². The van der Waals surface area contributed by atoms with Gasteiger partial charge in [0, 0.05) is 24.1 Å². The van der Waals surface area contributed by atoms with Gasteiger partial charge in [0.05, 0.1) is 18.5 Å². The number of rotatable bonds is 2. The Morgan fingerprint density at radius 3 is 2.83 bits per heavy atom. The van der Waals surface area contributed by atoms with Crippen molar-refractivity contribution in [2.75, 3.05) is 19.0 Å². The van der Waals surface area contributed by atoms with Gasteiger partial charge in [0.1, 0.15) is 11.6 Å². The summed E-state index contributed by atoms with van der Waals surface area (Å²) < 4.78 is 7.53. The lowest BCUT2D eigenvalue weighted by Gasteiger charge is -2.13. The third kappa shape index (κ3) is 2.33. The molecular weight excluding hydrogens is 300 g/mol. The van der Waals surface area contributed by atoms with Gasteiger partial charge < -0.3 is 10.1 Å². The molecule has 1 aliphatic heterocycles. The van der Waals surface area contributed by atoms with E-state index < -0.39 is 0 Å². The molecule has 0 amide bonds. The van der Waals surface area contributed by atoms with Gasteiger partial charge in [-0.15, -0.1) is 10.2 Å². The van der Waals surface area contributed by atoms with Gasteiger partial charge in [-0.3, -0.25) is 4.57 Å². The highest BCUT2D eigenvalue weighted by Gasteiger charge is 2.25. The van der Waals surface area contributed by atoms with E-state index in [1.54, 1.807) is 7.11 Å². The van der Waals surface area contributed by atoms with Gasteiger partial charge in [0.15, 0.2) is 5.82 Å². The first kappa shape index (κ1) is 14.8. The molecule has 4 rings (SSSR count). The standard InChI is InChI=1S/C19H20N4O/c1-12-5-4-6-14(9-12)19-22-21-18-13(2)11-20-16-10-15(24-3)7-8-17(16)23(18)19/h4-10,13,20H,11H2,1-3H3. The monoisotopic (exact) mass is 320 g/mol. The van der Waals surface area contributed by atoms with E-state index in [9.17, 15) is 0 Å². The zero-order valence-electron chi connectivity index (χ0n) is 14.1. The van der Waals surface area contributed by atoms with Crippen LogP contribution in [0.2, 0.25) is 0 Å². The van der Waals surface area contributed by atoms with Crippen molar-refractivity contribution < 1.29 is 4.74 Å². The van der Waals surface area contributed by atoms with Gasteiger partial charge >= 0.3 is 0 Å². The SMILES string of the molecule is COc1ccc2c(c1)NCC(C)c1nnc(-c3cccc(C)c3)n1-2. The number of nitrogens with zero attached hydrogens (tertiary/aromatic N) is 3. The first-order valence-electron chi connectivity index (χ1n) is 8.12. The largest absolute Gasteiger partial charge is 0.497 e. The minimum atomic E-state index is 0.259. The summed E-state index contributed by atoms with van der Waals surface area (Å²) in [5.41, 5.74) is 4.37. The van der Waals surface area contributed by atoms with Crippen LogP contribution < -0.4 is 10.1 Å². The Morgan fingerprint density at radius 1 is 1.17 bits per heavy atom. The smallest absolute Gasteiger partial charge is 0.168 e. The van der Waals surface area contributed by atoms with E-state index in [1.807, 2.05) is 12.1 Å². The number of aryl methyl sites for hydroxylation is 1. The number of ether oxygens (including phenoxy) is 1. The van der Waals surface area contributed by atoms with Crippen molar-refractivity contribution in [2.24, 2.45) is 0 Å². The Bertz CT molecular complexity index is 900. The molecule has 0 saturated carbocycles. The molecule has 1 N–H and O–H groups in total. The van der Waals surface area contributed by atoms with E-state index >= 15 is 0 Å². The van der Waals surface area contributed by atoms with Crippen molar-refractivity contribution in [3.8, 4) is 22.8 Å². The first-order valence-corrected chi connectivity index (χ1v) is 8.12. The quantitative estimate of drug-likeness (QED) is 0.781. The molecule has 2 heterocycles. The van der Waals surface area contributed by atoms with Crippen LogP contribution in [0, 0.1) is 6.92 Å². The zero-order chi connectivity index (χ0) is 16.7. The zero-order valence-corrected chi connectivity index (χ0v) is 14.1. The molecule has 0 radical (unpaired) electrons. The van der Waals surface area contributed by atoms with Crippen LogP contribution in [0.5, 0.6) is 5.75 Å². The van der Waals surface area contributed by atoms with Gasteiger partial charge in [-0.2, -0.15) is 0 Å². The molecule has 0 spiro atoms. The lowest BCUT2D eigenvalue weighted by Crippen LogP contribution is -2.09. The lowest BCUT2D eigenvalue weighted by atomic mass is 10.1. The predicted molar refractivity (Wildman–Crippen MR) is 95.0 cm³/mol. The van der Waals surface area contributed by atoms with Gasteiger partial charge in [-0.25, -0.2) is 0 Å². The third-order valence-electron chi connectivity index (χ3n) is 4.45. The second-order valence-corrected chi connectivity index (χ2v) is 6.25. The highest BCUT2D eigenvalue weighted by atomic mass is 16.5. The fourth-order valence-corrected chi connectivity index (χ4v) is 3.16. The molecule has 2 aromatic carbocycles. The lowest BCUT2D eigenvalue weighted by molar-refractivity contribution is 0.415. The maximum absolute atomic E-state index is 5.37. The summed E-state index contributed by atoms with van der Waals surface area (Å²) >= 11 is 0. The topological polar surface area (TPSA) is 52.0 Å². The van der Waals surface area contributed by atoms with Crippen LogP contribution in [0.3, 0.4) is 0 Å². The maximum atomic E-state index is 5.37. The summed E-state index contributed by atoms with van der Waals surface area (Å²) in [4.78, 5) is 0. The fraction of sp³-hybridized carbons (Fsp3) is 0.263. The molecule has 3 aromatic rings. The molecule has 24 heavy (non-hydrogen) atoms. The van der Waals surface area contributed by atoms with E-state index in [2.05, 4.69) is 64.3 Å². The number of aromatic nitrogens is 3. The van der Waals surface area contributed by atoms with Crippen molar-refractivity contribution >= 4 is 5.69 Å². The van der Waals surface area contributed by atoms with Gasteiger partial charge in [0.2, 0.25) is 0 Å². The van der Waals surface area contributed by atoms with E-state index in [-0.39, 0.29) is 5.92 Å². The van der Waals surface area contributed by atoms with Crippen LogP contribution in [0.1, 0.15) is 24.2 Å². The van der Waals surface area contributed by atoms with Gasteiger partial charge in [-0.05, 0) is 25.1 Å². The minimum absolute atomic E-state index is 0.259. The summed E-state index contributed by atoms with van der Waals surface area (Å²) in [5, 5.41) is 12.5. The minimum Gasteiger partial charge on any atom is -0.497 e. The molecule has 1 aromatic heterocycles. The normalized spacial score (nSPS) is 15.9. The molecule has 1 unspecified atom stereocenters. The number of hydrogen-bond acceptors (Lipinski definition) is 4. The third-order valence-corrected chi connectivity index (χ3v) is 4.45. The number of methoxy groups -OCH3 is 1. The summed E-state index contributed by atoms with van der Waals surface area (Å²) in [5.74, 6) is 2.94. The van der Waals surface area contributed by atoms with E-state index in [0.29, 0.717) is 0 Å². The van der Waals surface area contributed by atoms with E-state index in [0.717, 1.165) is 40.9 Å². The Morgan fingerprint density at radius 2 is 2.04 bits per heavy atom. The molecule has 5 heteroatoms. The molecule has 0 aliphatic carbocycles. The van der Waals surface area contributed by atoms with Crippen LogP contribution in [0.15, 0.2) is 42.5 Å². The van der Waals surface area contributed by atoms with Crippen molar-refractivity contribution in [1.82, 2.24) is 14.8 Å². The summed E-state index contributed by atoms with van der Waals surface area (Å²) in [7, 11) is 1.68. The van der Waals surface area contributed by atoms with Gasteiger partial charge in [0.25, 0.3) is 0 Å². The van der Waals surface area contributed by atoms with E-state index in [4.69, 9.17) is 4.74 Å². The van der Waals surface area contributed by atoms with Crippen LogP contribution in [-0.4, -0.2) is 28.4 Å². The molecule has 1 aliphatic rings. The summed E-state index contributed by atoms with van der Waals surface area (Å²) in [6, 6.07) is 14.4. The molecule has 0 bridgehead atoms. The van der Waals surface area contributed by atoms with Crippen LogP contribution in [0.25, 0.3) is 17.1 Å². The number of hydrogen-bond donors (Lipinski definition) is 1. The maximum Gasteiger partial charge on any atom is 0.168 e. The van der Waals surface area contributed by atoms with Crippen molar-refractivity contribution in [3.63, 3.8) is 0 Å². The van der Waals surface area contributed by atoms with Crippen LogP contribution in [0.4, 0.5) is 5.69 Å². The summed E-state index contributed by atoms with van der Waals surface area (Å²) in [6.45, 7) is 5.06. The van der Waals surface area contributed by atoms with Crippen molar-refractivity contribution in [3.05, 3.63) is 53.9 Å². The molecular formula is C19H20N4O. The molecule has 5 nitrogen and oxygen atoms in total. The Hall–Kier alpha value is -2.82. The Labute approximate surface area is 141 Å². The number of nitrogens with one attached hydrogen (secondary N) is 1. The highest BCUT2D eigenvalue weighted by Crippen LogP contribution is 2.35. The predicted octanol–water partition coefficient (Wildman–Crippen LogP) is 3.78. The molecule has 0 saturated heterocycles.